The van der Waals surface area contributed by atoms with E-state index >= 15 is 0 Å². The molecule has 2 aromatic heterocycles. The second-order valence-corrected chi connectivity index (χ2v) is 5.89. The van der Waals surface area contributed by atoms with Crippen LogP contribution in [-0.2, 0) is 14.3 Å². The average Bonchev–Trinajstić information content (AvgIpc) is 2.52. The Hall–Kier alpha value is -3.69. The quantitative estimate of drug-likeness (QED) is 0.422. The largest absolute Gasteiger partial charge is 0.508 e. The fourth-order valence-corrected chi connectivity index (χ4v) is 1.92. The van der Waals surface area contributed by atoms with Gasteiger partial charge in [-0.2, -0.15) is 0 Å². The van der Waals surface area contributed by atoms with Gasteiger partial charge in [0, 0.05) is 12.1 Å². The normalized spacial score (nSPS) is 9.37. The van der Waals surface area contributed by atoms with Crippen molar-refractivity contribution in [2.75, 3.05) is 6.61 Å². The van der Waals surface area contributed by atoms with Crippen LogP contribution in [-0.4, -0.2) is 34.4 Å². The van der Waals surface area contributed by atoms with Crippen LogP contribution in [0.15, 0.2) is 36.6 Å². The van der Waals surface area contributed by atoms with Gasteiger partial charge in [-0.1, -0.05) is 0 Å². The molecule has 0 saturated heterocycles. The molecule has 2 N–H and O–H groups in total. The third-order valence-electron chi connectivity index (χ3n) is 2.98. The van der Waals surface area contributed by atoms with Crippen LogP contribution < -0.4 is 11.3 Å². The first-order valence-corrected chi connectivity index (χ1v) is 8.67. The molecule has 0 atom stereocenters. The summed E-state index contributed by atoms with van der Waals surface area (Å²) < 4.78 is 13.6. The summed E-state index contributed by atoms with van der Waals surface area (Å²) >= 11 is 0. The number of hydrogen-bond acceptors (Lipinski definition) is 10. The van der Waals surface area contributed by atoms with Crippen molar-refractivity contribution in [3.63, 3.8) is 0 Å². The highest BCUT2D eigenvalue weighted by Gasteiger charge is 2.13. The first-order chi connectivity index (χ1) is 13.9. The molecular formula is C20H24O10. The zero-order chi connectivity index (χ0) is 23.4. The van der Waals surface area contributed by atoms with Gasteiger partial charge < -0.3 is 23.8 Å². The number of ketones is 2. The Labute approximate surface area is 171 Å². The molecule has 30 heavy (non-hydrogen) atoms. The van der Waals surface area contributed by atoms with Gasteiger partial charge in [0.05, 0.1) is 12.7 Å². The van der Waals surface area contributed by atoms with Crippen molar-refractivity contribution in [1.82, 2.24) is 0 Å². The van der Waals surface area contributed by atoms with Crippen LogP contribution in [0.5, 0.6) is 11.5 Å². The minimum Gasteiger partial charge on any atom is -0.508 e. The first kappa shape index (κ1) is 26.3. The monoisotopic (exact) mass is 424 g/mol. The van der Waals surface area contributed by atoms with Crippen molar-refractivity contribution in [3.8, 4) is 11.5 Å². The van der Waals surface area contributed by atoms with E-state index in [2.05, 4.69) is 13.6 Å². The number of carbonyl (C=O) groups is 3. The minimum absolute atomic E-state index is 0.0521. The Bertz CT molecular complexity index is 974. The van der Waals surface area contributed by atoms with Gasteiger partial charge in [-0.25, -0.2) is 9.59 Å². The Morgan fingerprint density at radius 1 is 0.967 bits per heavy atom. The Morgan fingerprint density at radius 3 is 1.93 bits per heavy atom. The zero-order valence-electron chi connectivity index (χ0n) is 17.3. The van der Waals surface area contributed by atoms with Gasteiger partial charge in [-0.05, 0) is 34.6 Å². The molecule has 0 aliphatic carbocycles. The van der Waals surface area contributed by atoms with Crippen molar-refractivity contribution >= 4 is 17.5 Å². The van der Waals surface area contributed by atoms with Crippen LogP contribution in [0.1, 0.15) is 49.1 Å². The number of aryl methyl sites for hydroxylation is 2. The molecule has 2 rings (SSSR count). The molecule has 0 spiro atoms. The Kier molecular flexibility index (Phi) is 11.1. The number of ether oxygens (including phenoxy) is 1. The zero-order valence-corrected chi connectivity index (χ0v) is 17.3. The standard InChI is InChI=1S/C8H8O4.C6H6O3.C6H10O3/c1-4-3-6(10)7(5(2)9)8(11)12-4;1-4-2-5(7)3-6(8)9-4;1-3-9-6(8)4-5(2)7/h3,10H,1-2H3;2-3,7H,1H3;3-4H2,1-2H3. The third kappa shape index (κ3) is 10.6. The van der Waals surface area contributed by atoms with E-state index in [1.807, 2.05) is 0 Å². The van der Waals surface area contributed by atoms with Crippen LogP contribution >= 0.6 is 0 Å². The number of esters is 1. The third-order valence-corrected chi connectivity index (χ3v) is 2.98. The van der Waals surface area contributed by atoms with E-state index in [4.69, 9.17) is 10.2 Å². The molecule has 10 heteroatoms. The van der Waals surface area contributed by atoms with E-state index in [9.17, 15) is 24.0 Å². The number of aromatic hydroxyl groups is 2. The summed E-state index contributed by atoms with van der Waals surface area (Å²) in [7, 11) is 0. The van der Waals surface area contributed by atoms with Crippen LogP contribution in [0.25, 0.3) is 0 Å². The van der Waals surface area contributed by atoms with E-state index in [-0.39, 0.29) is 35.0 Å². The van der Waals surface area contributed by atoms with Gasteiger partial charge in [-0.3, -0.25) is 14.4 Å². The maximum Gasteiger partial charge on any atom is 0.350 e. The van der Waals surface area contributed by atoms with Crippen molar-refractivity contribution in [2.24, 2.45) is 0 Å². The number of hydrogen-bond donors (Lipinski definition) is 2. The average molecular weight is 424 g/mol. The number of rotatable bonds is 4. The molecule has 0 unspecified atom stereocenters. The highest BCUT2D eigenvalue weighted by molar-refractivity contribution is 5.96. The molecule has 0 aliphatic rings. The SMILES string of the molecule is CC(=O)c1c(O)cc(C)oc1=O.CCOC(=O)CC(C)=O.Cc1cc(O)cc(=O)o1. The second-order valence-electron chi connectivity index (χ2n) is 5.89. The van der Waals surface area contributed by atoms with Crippen molar-refractivity contribution in [1.29, 1.82) is 0 Å². The van der Waals surface area contributed by atoms with Crippen LogP contribution in [0.2, 0.25) is 0 Å². The molecule has 0 aromatic carbocycles. The fraction of sp³-hybridized carbons (Fsp3) is 0.350. The van der Waals surface area contributed by atoms with Gasteiger partial charge in [0.1, 0.15) is 40.8 Å². The predicted octanol–water partition coefficient (Wildman–Crippen LogP) is 2.04. The summed E-state index contributed by atoms with van der Waals surface area (Å²) in [5, 5.41) is 17.9. The van der Waals surface area contributed by atoms with Gasteiger partial charge in [0.15, 0.2) is 5.78 Å². The van der Waals surface area contributed by atoms with Crippen molar-refractivity contribution in [2.45, 2.75) is 41.0 Å². The Morgan fingerprint density at radius 2 is 1.53 bits per heavy atom. The number of Topliss-reactive ketones (excluding diaryl/α,β-unsaturated/α-hetero) is 2. The summed E-state index contributed by atoms with van der Waals surface area (Å²) in [6.45, 7) is 7.72. The topological polar surface area (TPSA) is 161 Å². The lowest BCUT2D eigenvalue weighted by Gasteiger charge is -1.98. The molecule has 10 nitrogen and oxygen atoms in total. The van der Waals surface area contributed by atoms with Crippen LogP contribution in [0.3, 0.4) is 0 Å². The van der Waals surface area contributed by atoms with Crippen LogP contribution in [0, 0.1) is 13.8 Å². The lowest BCUT2D eigenvalue weighted by molar-refractivity contribution is -0.145. The molecule has 0 bridgehead atoms. The molecule has 0 amide bonds. The van der Waals surface area contributed by atoms with E-state index in [0.29, 0.717) is 12.4 Å². The molecule has 0 aliphatic heterocycles. The van der Waals surface area contributed by atoms with Gasteiger partial charge in [-0.15, -0.1) is 0 Å². The molecule has 0 saturated carbocycles. The van der Waals surface area contributed by atoms with Crippen molar-refractivity contribution in [3.05, 3.63) is 56.1 Å². The van der Waals surface area contributed by atoms with Crippen LogP contribution in [0.4, 0.5) is 0 Å². The molecule has 2 heterocycles. The van der Waals surface area contributed by atoms with E-state index in [0.717, 1.165) is 6.07 Å². The van der Waals surface area contributed by atoms with E-state index in [1.165, 1.54) is 32.9 Å². The summed E-state index contributed by atoms with van der Waals surface area (Å²) in [6, 6.07) is 3.63. The second kappa shape index (κ2) is 12.7. The van der Waals surface area contributed by atoms with Crippen molar-refractivity contribution < 1.29 is 38.2 Å². The minimum atomic E-state index is -0.792. The summed E-state index contributed by atoms with van der Waals surface area (Å²) in [4.78, 5) is 52.8. The van der Waals surface area contributed by atoms with Gasteiger partial charge >= 0.3 is 17.2 Å². The summed E-state index contributed by atoms with van der Waals surface area (Å²) in [5.41, 5.74) is -1.60. The predicted molar refractivity (Wildman–Crippen MR) is 105 cm³/mol. The maximum atomic E-state index is 11.0. The Balaban J connectivity index is 0.000000428. The molecule has 0 radical (unpaired) electrons. The smallest absolute Gasteiger partial charge is 0.350 e. The first-order valence-electron chi connectivity index (χ1n) is 8.67. The molecule has 164 valence electrons. The summed E-state index contributed by atoms with van der Waals surface area (Å²) in [6.07, 6.45) is -0.103. The highest BCUT2D eigenvalue weighted by atomic mass is 16.5. The molecule has 2 aromatic rings. The van der Waals surface area contributed by atoms with E-state index < -0.39 is 23.0 Å². The summed E-state index contributed by atoms with van der Waals surface area (Å²) in [5.74, 6) is -0.776. The maximum absolute atomic E-state index is 11.0. The highest BCUT2D eigenvalue weighted by Crippen LogP contribution is 2.14. The van der Waals surface area contributed by atoms with E-state index in [1.54, 1.807) is 13.8 Å². The fourth-order valence-electron chi connectivity index (χ4n) is 1.92. The number of carbonyl (C=O) groups excluding carboxylic acids is 3. The van der Waals surface area contributed by atoms with Gasteiger partial charge in [0.25, 0.3) is 0 Å². The van der Waals surface area contributed by atoms with Gasteiger partial charge in [0.2, 0.25) is 0 Å². The lowest BCUT2D eigenvalue weighted by Crippen LogP contribution is -2.11. The molecule has 0 fully saturated rings. The lowest BCUT2D eigenvalue weighted by atomic mass is 10.2. The molecular weight excluding hydrogens is 400 g/mol.